The van der Waals surface area contributed by atoms with Crippen LogP contribution in [-0.2, 0) is 26.2 Å². The number of aryl methyl sites for hydroxylation is 1. The molecule has 0 saturated carbocycles. The summed E-state index contributed by atoms with van der Waals surface area (Å²) < 4.78 is 40.5. The van der Waals surface area contributed by atoms with Crippen LogP contribution in [0, 0.1) is 12.7 Å². The summed E-state index contributed by atoms with van der Waals surface area (Å²) in [7, 11) is -3.80. The largest absolute Gasteiger partial charge is 0.354 e. The number of halogens is 1. The number of amides is 2. The fourth-order valence-electron chi connectivity index (χ4n) is 3.37. The lowest BCUT2D eigenvalue weighted by Gasteiger charge is -2.32. The van der Waals surface area contributed by atoms with E-state index in [1.165, 1.54) is 23.1 Å². The Balaban J connectivity index is 2.37. The van der Waals surface area contributed by atoms with E-state index in [4.69, 9.17) is 0 Å². The van der Waals surface area contributed by atoms with Crippen molar-refractivity contribution >= 4 is 27.5 Å². The maximum absolute atomic E-state index is 14.4. The van der Waals surface area contributed by atoms with Gasteiger partial charge in [0.2, 0.25) is 21.8 Å². The monoisotopic (exact) mass is 477 g/mol. The molecule has 33 heavy (non-hydrogen) atoms. The van der Waals surface area contributed by atoms with E-state index in [9.17, 15) is 22.4 Å². The zero-order valence-corrected chi connectivity index (χ0v) is 20.4. The first kappa shape index (κ1) is 26.3. The summed E-state index contributed by atoms with van der Waals surface area (Å²) in [5.74, 6) is -1.49. The molecule has 0 heterocycles. The molecule has 0 aromatic heterocycles. The van der Waals surface area contributed by atoms with E-state index in [-0.39, 0.29) is 18.0 Å². The number of hydrogen-bond acceptors (Lipinski definition) is 4. The summed E-state index contributed by atoms with van der Waals surface area (Å²) in [4.78, 5) is 27.3. The van der Waals surface area contributed by atoms with Crippen molar-refractivity contribution in [3.05, 3.63) is 65.5 Å². The Morgan fingerprint density at radius 1 is 1.09 bits per heavy atom. The summed E-state index contributed by atoms with van der Waals surface area (Å²) in [5, 5.41) is 2.79. The van der Waals surface area contributed by atoms with Gasteiger partial charge in [0.05, 0.1) is 11.9 Å². The Labute approximate surface area is 195 Å². The van der Waals surface area contributed by atoms with Gasteiger partial charge in [-0.25, -0.2) is 12.8 Å². The molecule has 180 valence electrons. The minimum atomic E-state index is -3.80. The van der Waals surface area contributed by atoms with Crippen molar-refractivity contribution in [3.63, 3.8) is 0 Å². The van der Waals surface area contributed by atoms with Crippen LogP contribution >= 0.6 is 0 Å². The number of hydrogen-bond donors (Lipinski definition) is 1. The number of rotatable bonds is 11. The number of unbranched alkanes of at least 4 members (excludes halogenated alkanes) is 1. The normalized spacial score (nSPS) is 12.2. The number of carbonyl (C=O) groups excluding carboxylic acids is 2. The third-order valence-electron chi connectivity index (χ3n) is 5.36. The zero-order chi connectivity index (χ0) is 24.6. The second-order valence-corrected chi connectivity index (χ2v) is 9.90. The molecule has 0 bridgehead atoms. The van der Waals surface area contributed by atoms with Crippen LogP contribution in [-0.4, -0.2) is 50.5 Å². The lowest BCUT2D eigenvalue weighted by molar-refractivity contribution is -0.139. The van der Waals surface area contributed by atoms with Gasteiger partial charge in [-0.2, -0.15) is 0 Å². The average Bonchev–Trinajstić information content (AvgIpc) is 2.76. The highest BCUT2D eigenvalue weighted by Crippen LogP contribution is 2.23. The predicted molar refractivity (Wildman–Crippen MR) is 128 cm³/mol. The maximum Gasteiger partial charge on any atom is 0.244 e. The number of sulfonamides is 1. The van der Waals surface area contributed by atoms with Gasteiger partial charge < -0.3 is 10.2 Å². The van der Waals surface area contributed by atoms with Crippen molar-refractivity contribution in [1.82, 2.24) is 10.2 Å². The number of para-hydroxylation sites is 1. The number of benzene rings is 2. The third kappa shape index (κ3) is 7.28. The Hall–Kier alpha value is -2.94. The average molecular weight is 478 g/mol. The number of nitrogens with one attached hydrogen (secondary N) is 1. The Morgan fingerprint density at radius 2 is 1.73 bits per heavy atom. The SMILES string of the molecule is CCCCNC(=O)C(C)N(Cc1ccccc1F)C(=O)CN(c1ccccc1C)S(C)(=O)=O. The van der Waals surface area contributed by atoms with E-state index < -0.39 is 34.3 Å². The topological polar surface area (TPSA) is 86.8 Å². The molecule has 2 rings (SSSR count). The molecule has 0 aliphatic heterocycles. The van der Waals surface area contributed by atoms with Crippen LogP contribution in [0.4, 0.5) is 10.1 Å². The molecule has 9 heteroatoms. The molecule has 0 aliphatic rings. The lowest BCUT2D eigenvalue weighted by Crippen LogP contribution is -2.51. The molecule has 0 spiro atoms. The quantitative estimate of drug-likeness (QED) is 0.504. The van der Waals surface area contributed by atoms with E-state index in [1.54, 1.807) is 44.2 Å². The highest BCUT2D eigenvalue weighted by Gasteiger charge is 2.30. The molecule has 0 aliphatic carbocycles. The van der Waals surface area contributed by atoms with Crippen molar-refractivity contribution in [2.75, 3.05) is 23.7 Å². The standard InChI is InChI=1S/C24H32FN3O4S/c1-5-6-15-26-24(30)19(3)27(16-20-12-8-9-13-21(20)25)23(29)17-28(33(4,31)32)22-14-10-7-11-18(22)2/h7-14,19H,5-6,15-17H2,1-4H3,(H,26,30). The number of anilines is 1. The fourth-order valence-corrected chi connectivity index (χ4v) is 4.27. The molecule has 0 fully saturated rings. The first-order valence-electron chi connectivity index (χ1n) is 10.9. The lowest BCUT2D eigenvalue weighted by atomic mass is 10.1. The van der Waals surface area contributed by atoms with Crippen molar-refractivity contribution in [2.24, 2.45) is 0 Å². The van der Waals surface area contributed by atoms with E-state index >= 15 is 0 Å². The summed E-state index contributed by atoms with van der Waals surface area (Å²) in [6.07, 6.45) is 2.70. The van der Waals surface area contributed by atoms with Gasteiger partial charge in [-0.05, 0) is 38.0 Å². The highest BCUT2D eigenvalue weighted by atomic mass is 32.2. The Morgan fingerprint density at radius 3 is 2.33 bits per heavy atom. The predicted octanol–water partition coefficient (Wildman–Crippen LogP) is 3.23. The maximum atomic E-state index is 14.4. The smallest absolute Gasteiger partial charge is 0.244 e. The van der Waals surface area contributed by atoms with Crippen LogP contribution in [0.15, 0.2) is 48.5 Å². The molecule has 2 aromatic carbocycles. The molecule has 1 unspecified atom stereocenters. The third-order valence-corrected chi connectivity index (χ3v) is 6.49. The van der Waals surface area contributed by atoms with Gasteiger partial charge in [-0.3, -0.25) is 13.9 Å². The minimum Gasteiger partial charge on any atom is -0.354 e. The molecule has 2 aromatic rings. The van der Waals surface area contributed by atoms with Crippen molar-refractivity contribution < 1.29 is 22.4 Å². The first-order valence-corrected chi connectivity index (χ1v) is 12.7. The molecule has 1 N–H and O–H groups in total. The van der Waals surface area contributed by atoms with Crippen LogP contribution < -0.4 is 9.62 Å². The van der Waals surface area contributed by atoms with E-state index in [0.29, 0.717) is 17.8 Å². The van der Waals surface area contributed by atoms with Crippen molar-refractivity contribution in [1.29, 1.82) is 0 Å². The van der Waals surface area contributed by atoms with E-state index in [1.807, 2.05) is 6.92 Å². The van der Waals surface area contributed by atoms with Crippen LogP contribution in [0.3, 0.4) is 0 Å². The summed E-state index contributed by atoms with van der Waals surface area (Å²) >= 11 is 0. The molecular weight excluding hydrogens is 445 g/mol. The van der Waals surface area contributed by atoms with Crippen LogP contribution in [0.2, 0.25) is 0 Å². The Kier molecular flexibility index (Phi) is 9.40. The van der Waals surface area contributed by atoms with Gasteiger partial charge in [-0.1, -0.05) is 49.7 Å². The second kappa shape index (κ2) is 11.8. The van der Waals surface area contributed by atoms with E-state index in [2.05, 4.69) is 5.32 Å². The van der Waals surface area contributed by atoms with Crippen molar-refractivity contribution in [3.8, 4) is 0 Å². The molecule has 0 saturated heterocycles. The Bertz CT molecular complexity index is 1070. The van der Waals surface area contributed by atoms with Gasteiger partial charge in [0.1, 0.15) is 18.4 Å². The molecular formula is C24H32FN3O4S. The minimum absolute atomic E-state index is 0.167. The van der Waals surface area contributed by atoms with Gasteiger partial charge in [0, 0.05) is 18.7 Å². The molecule has 7 nitrogen and oxygen atoms in total. The van der Waals surface area contributed by atoms with Crippen LogP contribution in [0.1, 0.15) is 37.8 Å². The first-order chi connectivity index (χ1) is 15.6. The van der Waals surface area contributed by atoms with Gasteiger partial charge in [0.25, 0.3) is 0 Å². The zero-order valence-electron chi connectivity index (χ0n) is 19.5. The van der Waals surface area contributed by atoms with Gasteiger partial charge in [-0.15, -0.1) is 0 Å². The summed E-state index contributed by atoms with van der Waals surface area (Å²) in [6, 6.07) is 11.9. The van der Waals surface area contributed by atoms with Gasteiger partial charge >= 0.3 is 0 Å². The number of carbonyl (C=O) groups is 2. The highest BCUT2D eigenvalue weighted by molar-refractivity contribution is 7.92. The molecule has 2 amide bonds. The molecule has 1 atom stereocenters. The van der Waals surface area contributed by atoms with E-state index in [0.717, 1.165) is 23.4 Å². The molecule has 0 radical (unpaired) electrons. The second-order valence-electron chi connectivity index (χ2n) is 7.99. The number of nitrogens with zero attached hydrogens (tertiary/aromatic N) is 2. The van der Waals surface area contributed by atoms with Gasteiger partial charge in [0.15, 0.2) is 0 Å². The van der Waals surface area contributed by atoms with Crippen LogP contribution in [0.25, 0.3) is 0 Å². The van der Waals surface area contributed by atoms with Crippen molar-refractivity contribution in [2.45, 2.75) is 46.2 Å². The summed E-state index contributed by atoms with van der Waals surface area (Å²) in [5.41, 5.74) is 1.29. The fraction of sp³-hybridized carbons (Fsp3) is 0.417. The van der Waals surface area contributed by atoms with Crippen LogP contribution in [0.5, 0.6) is 0 Å². The summed E-state index contributed by atoms with van der Waals surface area (Å²) in [6.45, 7) is 5.08.